The molecule has 0 aromatic heterocycles. The van der Waals surface area contributed by atoms with Gasteiger partial charge in [0.2, 0.25) is 0 Å². The summed E-state index contributed by atoms with van der Waals surface area (Å²) in [6, 6.07) is 4.67. The van der Waals surface area contributed by atoms with E-state index in [2.05, 4.69) is 16.6 Å². The maximum Gasteiger partial charge on any atom is 0.261 e. The molecule has 1 atom stereocenters. The normalized spacial score (nSPS) is 11.5. The van der Waals surface area contributed by atoms with Crippen LogP contribution < -0.4 is 15.4 Å². The van der Waals surface area contributed by atoms with Gasteiger partial charge in [-0.1, -0.05) is 18.9 Å². The van der Waals surface area contributed by atoms with Crippen molar-refractivity contribution in [3.8, 4) is 18.1 Å². The smallest absolute Gasteiger partial charge is 0.261 e. The summed E-state index contributed by atoms with van der Waals surface area (Å²) in [5, 5.41) is 5.58. The van der Waals surface area contributed by atoms with Crippen LogP contribution in [-0.2, 0) is 11.3 Å². The van der Waals surface area contributed by atoms with E-state index in [0.29, 0.717) is 6.54 Å². The fraction of sp³-hybridized carbons (Fsp3) is 0.400. The summed E-state index contributed by atoms with van der Waals surface area (Å²) in [7, 11) is 0. The van der Waals surface area contributed by atoms with Gasteiger partial charge in [-0.25, -0.2) is 4.39 Å². The Labute approximate surface area is 118 Å². The molecule has 0 aliphatic heterocycles. The number of rotatable bonds is 7. The highest BCUT2D eigenvalue weighted by molar-refractivity contribution is 5.80. The highest BCUT2D eigenvalue weighted by atomic mass is 19.1. The SMILES string of the molecule is C#CCNC(=O)C(C)Oc1ccc(CNCC)cc1F. The summed E-state index contributed by atoms with van der Waals surface area (Å²) in [6.45, 7) is 5.04. The molecule has 0 aliphatic carbocycles. The number of hydrogen-bond donors (Lipinski definition) is 2. The number of benzene rings is 1. The highest BCUT2D eigenvalue weighted by Crippen LogP contribution is 2.19. The van der Waals surface area contributed by atoms with E-state index in [4.69, 9.17) is 11.2 Å². The molecule has 1 unspecified atom stereocenters. The molecule has 5 heteroatoms. The maximum absolute atomic E-state index is 13.8. The van der Waals surface area contributed by atoms with Crippen LogP contribution in [0.5, 0.6) is 5.75 Å². The third-order valence-corrected chi connectivity index (χ3v) is 2.61. The van der Waals surface area contributed by atoms with Gasteiger partial charge in [0.15, 0.2) is 17.7 Å². The summed E-state index contributed by atoms with van der Waals surface area (Å²) >= 11 is 0. The molecule has 4 nitrogen and oxygen atoms in total. The number of ether oxygens (including phenoxy) is 1. The molecule has 0 fully saturated rings. The van der Waals surface area contributed by atoms with Gasteiger partial charge in [-0.05, 0) is 31.2 Å². The van der Waals surface area contributed by atoms with Crippen molar-refractivity contribution >= 4 is 5.91 Å². The lowest BCUT2D eigenvalue weighted by Gasteiger charge is -2.15. The van der Waals surface area contributed by atoms with E-state index >= 15 is 0 Å². The number of amides is 1. The Morgan fingerprint density at radius 1 is 1.55 bits per heavy atom. The molecular formula is C15H19FN2O2. The Morgan fingerprint density at radius 2 is 2.30 bits per heavy atom. The van der Waals surface area contributed by atoms with Gasteiger partial charge in [-0.15, -0.1) is 6.42 Å². The minimum absolute atomic E-state index is 0.0496. The summed E-state index contributed by atoms with van der Waals surface area (Å²) in [4.78, 5) is 11.6. The number of halogens is 1. The van der Waals surface area contributed by atoms with E-state index in [1.807, 2.05) is 6.92 Å². The molecule has 0 saturated carbocycles. The van der Waals surface area contributed by atoms with Crippen LogP contribution in [0.15, 0.2) is 18.2 Å². The molecule has 0 aliphatic rings. The quantitative estimate of drug-likeness (QED) is 0.742. The van der Waals surface area contributed by atoms with Crippen molar-refractivity contribution < 1.29 is 13.9 Å². The fourth-order valence-electron chi connectivity index (χ4n) is 1.55. The summed E-state index contributed by atoms with van der Waals surface area (Å²) in [5.41, 5.74) is 0.820. The molecule has 1 aromatic carbocycles. The molecule has 0 bridgehead atoms. The molecule has 0 saturated heterocycles. The topological polar surface area (TPSA) is 50.4 Å². The summed E-state index contributed by atoms with van der Waals surface area (Å²) < 4.78 is 19.1. The van der Waals surface area contributed by atoms with Crippen molar-refractivity contribution in [3.05, 3.63) is 29.6 Å². The van der Waals surface area contributed by atoms with E-state index in [-0.39, 0.29) is 18.2 Å². The Bertz CT molecular complexity index is 497. The Kier molecular flexibility index (Phi) is 6.54. The zero-order chi connectivity index (χ0) is 15.0. The van der Waals surface area contributed by atoms with Gasteiger partial charge in [-0.3, -0.25) is 4.79 Å². The van der Waals surface area contributed by atoms with Crippen LogP contribution in [0.3, 0.4) is 0 Å². The van der Waals surface area contributed by atoms with Crippen LogP contribution in [0.25, 0.3) is 0 Å². The molecule has 2 N–H and O–H groups in total. The Morgan fingerprint density at radius 3 is 2.90 bits per heavy atom. The third-order valence-electron chi connectivity index (χ3n) is 2.61. The van der Waals surface area contributed by atoms with Gasteiger partial charge in [0.1, 0.15) is 0 Å². The largest absolute Gasteiger partial charge is 0.478 e. The van der Waals surface area contributed by atoms with Crippen molar-refractivity contribution in [1.29, 1.82) is 0 Å². The molecular weight excluding hydrogens is 259 g/mol. The molecule has 1 rings (SSSR count). The number of terminal acetylenes is 1. The first-order valence-electron chi connectivity index (χ1n) is 6.45. The van der Waals surface area contributed by atoms with Crippen molar-refractivity contribution in [2.75, 3.05) is 13.1 Å². The predicted octanol–water partition coefficient (Wildman–Crippen LogP) is 1.45. The van der Waals surface area contributed by atoms with Gasteiger partial charge in [0.25, 0.3) is 5.91 Å². The van der Waals surface area contributed by atoms with Crippen LogP contribution >= 0.6 is 0 Å². The number of hydrogen-bond acceptors (Lipinski definition) is 3. The van der Waals surface area contributed by atoms with Gasteiger partial charge in [0.05, 0.1) is 6.54 Å². The van der Waals surface area contributed by atoms with Crippen molar-refractivity contribution in [3.63, 3.8) is 0 Å². The van der Waals surface area contributed by atoms with Crippen molar-refractivity contribution in [2.24, 2.45) is 0 Å². The van der Waals surface area contributed by atoms with Crippen LogP contribution in [0.2, 0.25) is 0 Å². The van der Waals surface area contributed by atoms with E-state index < -0.39 is 11.9 Å². The molecule has 108 valence electrons. The molecule has 20 heavy (non-hydrogen) atoms. The molecule has 0 spiro atoms. The van der Waals surface area contributed by atoms with Gasteiger partial charge >= 0.3 is 0 Å². The van der Waals surface area contributed by atoms with E-state index in [1.165, 1.54) is 19.1 Å². The summed E-state index contributed by atoms with van der Waals surface area (Å²) in [6.07, 6.45) is 4.23. The highest BCUT2D eigenvalue weighted by Gasteiger charge is 2.16. The van der Waals surface area contributed by atoms with Crippen LogP contribution in [0.4, 0.5) is 4.39 Å². The fourth-order valence-corrected chi connectivity index (χ4v) is 1.55. The lowest BCUT2D eigenvalue weighted by molar-refractivity contribution is -0.127. The Hall–Kier alpha value is -2.06. The minimum Gasteiger partial charge on any atom is -0.478 e. The molecule has 0 heterocycles. The van der Waals surface area contributed by atoms with Crippen molar-refractivity contribution in [1.82, 2.24) is 10.6 Å². The first-order chi connectivity index (χ1) is 9.58. The maximum atomic E-state index is 13.8. The van der Waals surface area contributed by atoms with E-state index in [0.717, 1.165) is 12.1 Å². The third kappa shape index (κ3) is 4.90. The standard InChI is InChI=1S/C15H19FN2O2/c1-4-8-18-15(19)11(3)20-14-7-6-12(9-13(14)16)10-17-5-2/h1,6-7,9,11,17H,5,8,10H2,2-3H3,(H,18,19). The van der Waals surface area contributed by atoms with Crippen LogP contribution in [0, 0.1) is 18.2 Å². The summed E-state index contributed by atoms with van der Waals surface area (Å²) in [5.74, 6) is 1.47. The minimum atomic E-state index is -0.808. The second-order valence-electron chi connectivity index (χ2n) is 4.23. The van der Waals surface area contributed by atoms with Gasteiger partial charge < -0.3 is 15.4 Å². The predicted molar refractivity (Wildman–Crippen MR) is 75.7 cm³/mol. The number of carbonyl (C=O) groups is 1. The average Bonchev–Trinajstić information content (AvgIpc) is 2.44. The lowest BCUT2D eigenvalue weighted by atomic mass is 10.2. The second kappa shape index (κ2) is 8.18. The number of nitrogens with one attached hydrogen (secondary N) is 2. The Balaban J connectivity index is 2.64. The van der Waals surface area contributed by atoms with Gasteiger partial charge in [-0.2, -0.15) is 0 Å². The van der Waals surface area contributed by atoms with E-state index in [9.17, 15) is 9.18 Å². The molecule has 1 aromatic rings. The molecule has 0 radical (unpaired) electrons. The zero-order valence-corrected chi connectivity index (χ0v) is 11.7. The lowest BCUT2D eigenvalue weighted by Crippen LogP contribution is -2.36. The first kappa shape index (κ1) is 16.0. The monoisotopic (exact) mass is 278 g/mol. The molecule has 1 amide bonds. The first-order valence-corrected chi connectivity index (χ1v) is 6.45. The zero-order valence-electron chi connectivity index (χ0n) is 11.7. The second-order valence-corrected chi connectivity index (χ2v) is 4.23. The van der Waals surface area contributed by atoms with E-state index in [1.54, 1.807) is 6.07 Å². The van der Waals surface area contributed by atoms with Crippen molar-refractivity contribution in [2.45, 2.75) is 26.5 Å². The average molecular weight is 278 g/mol. The van der Waals surface area contributed by atoms with Crippen LogP contribution in [0.1, 0.15) is 19.4 Å². The van der Waals surface area contributed by atoms with Gasteiger partial charge in [0, 0.05) is 6.54 Å². The van der Waals surface area contributed by atoms with Crippen LogP contribution in [-0.4, -0.2) is 25.1 Å². The number of carbonyl (C=O) groups excluding carboxylic acids is 1.